The summed E-state index contributed by atoms with van der Waals surface area (Å²) >= 11 is 0. The molecule has 1 aromatic heterocycles. The average Bonchev–Trinajstić information content (AvgIpc) is 2.11. The van der Waals surface area contributed by atoms with Crippen LogP contribution in [-0.2, 0) is 38.9 Å². The molecule has 0 saturated carbocycles. The van der Waals surface area contributed by atoms with Crippen LogP contribution in [0.3, 0.4) is 0 Å². The van der Waals surface area contributed by atoms with Crippen molar-refractivity contribution >= 4 is 5.97 Å². The molecule has 0 saturated heterocycles. The topological polar surface area (TPSA) is 95.8 Å². The monoisotopic (exact) mass is 249 g/mol. The summed E-state index contributed by atoms with van der Waals surface area (Å²) in [5, 5.41) is 20.4. The number of aliphatic carboxylic acids is 1. The maximum absolute atomic E-state index is 8.89. The fourth-order valence-electron chi connectivity index (χ4n) is 0.144. The SMILES string of the molecule is CC(=O)[O-].[Cu].[Fe].c1nn[nH][nH+]1. The largest absolute Gasteiger partial charge is 0.550 e. The van der Waals surface area contributed by atoms with E-state index in [0.717, 1.165) is 6.92 Å². The van der Waals surface area contributed by atoms with Crippen LogP contribution in [0.25, 0.3) is 0 Å². The Kier molecular flexibility index (Phi) is 18.9. The van der Waals surface area contributed by atoms with Gasteiger partial charge >= 0.3 is 0 Å². The molecule has 0 amide bonds. The number of aromatic nitrogens is 4. The molecule has 1 rings (SSSR count). The number of tetrazole rings is 1. The molecule has 0 bridgehead atoms. The van der Waals surface area contributed by atoms with Crippen LogP contribution >= 0.6 is 0 Å². The van der Waals surface area contributed by atoms with Gasteiger partial charge in [-0.3, -0.25) is 0 Å². The van der Waals surface area contributed by atoms with E-state index in [9.17, 15) is 0 Å². The third-order valence-corrected chi connectivity index (χ3v) is 0.295. The van der Waals surface area contributed by atoms with E-state index in [2.05, 4.69) is 20.6 Å². The number of hydrogen-bond donors (Lipinski definition) is 1. The minimum Gasteiger partial charge on any atom is -0.550 e. The van der Waals surface area contributed by atoms with Crippen molar-refractivity contribution in [2.45, 2.75) is 6.92 Å². The van der Waals surface area contributed by atoms with E-state index in [1.807, 2.05) is 0 Å². The summed E-state index contributed by atoms with van der Waals surface area (Å²) in [7, 11) is 0. The van der Waals surface area contributed by atoms with Crippen molar-refractivity contribution in [1.29, 1.82) is 0 Å². The van der Waals surface area contributed by atoms with Gasteiger partial charge in [-0.05, 0) is 6.92 Å². The average molecular weight is 249 g/mol. The molecule has 2 N–H and O–H groups in total. The van der Waals surface area contributed by atoms with Crippen molar-refractivity contribution in [2.75, 3.05) is 0 Å². The minimum atomic E-state index is -1.08. The predicted molar refractivity (Wildman–Crippen MR) is 23.6 cm³/mol. The molecule has 0 atom stereocenters. The quantitative estimate of drug-likeness (QED) is 0.509. The van der Waals surface area contributed by atoms with Crippen molar-refractivity contribution in [3.8, 4) is 0 Å². The van der Waals surface area contributed by atoms with Crippen LogP contribution in [0.2, 0.25) is 0 Å². The van der Waals surface area contributed by atoms with E-state index < -0.39 is 5.97 Å². The molecule has 0 fully saturated rings. The number of nitrogens with zero attached hydrogens (tertiary/aromatic N) is 2. The van der Waals surface area contributed by atoms with Gasteiger partial charge in [0.1, 0.15) is 5.10 Å². The zero-order chi connectivity index (χ0) is 7.11. The summed E-state index contributed by atoms with van der Waals surface area (Å²) in [6, 6.07) is 0. The van der Waals surface area contributed by atoms with Gasteiger partial charge in [-0.1, -0.05) is 5.21 Å². The Morgan fingerprint density at radius 3 is 2.27 bits per heavy atom. The van der Waals surface area contributed by atoms with Crippen molar-refractivity contribution in [3.63, 3.8) is 0 Å². The Bertz CT molecular complexity index is 137. The Morgan fingerprint density at radius 2 is 2.18 bits per heavy atom. The summed E-state index contributed by atoms with van der Waals surface area (Å²) in [5.41, 5.74) is 0. The first-order chi connectivity index (χ1) is 4.23. The van der Waals surface area contributed by atoms with Crippen LogP contribution in [0.1, 0.15) is 6.92 Å². The van der Waals surface area contributed by atoms with Gasteiger partial charge in [0.2, 0.25) is 0 Å². The van der Waals surface area contributed by atoms with E-state index in [1.54, 1.807) is 0 Å². The number of hydrogen-bond acceptors (Lipinski definition) is 4. The first kappa shape index (κ1) is 16.9. The summed E-state index contributed by atoms with van der Waals surface area (Å²) < 4.78 is 0. The normalized spacial score (nSPS) is 5.91. The van der Waals surface area contributed by atoms with Gasteiger partial charge in [-0.25, -0.2) is 0 Å². The molecule has 0 aliphatic rings. The molecule has 69 valence electrons. The number of aromatic amines is 2. The molecule has 0 aliphatic heterocycles. The van der Waals surface area contributed by atoms with Crippen molar-refractivity contribution in [3.05, 3.63) is 6.33 Å². The first-order valence-electron chi connectivity index (χ1n) is 2.13. The van der Waals surface area contributed by atoms with Gasteiger partial charge in [0.25, 0.3) is 6.33 Å². The third-order valence-electron chi connectivity index (χ3n) is 0.295. The van der Waals surface area contributed by atoms with Gasteiger partial charge < -0.3 is 9.90 Å². The smallest absolute Gasteiger partial charge is 0.286 e. The molecule has 0 aromatic carbocycles. The van der Waals surface area contributed by atoms with Gasteiger partial charge in [0.05, 0.1) is 0 Å². The number of rotatable bonds is 0. The Balaban J connectivity index is -0.000000101. The Hall–Kier alpha value is -0.421. The molecular formula is C3H6CuFeN4O2. The molecule has 0 unspecified atom stereocenters. The third kappa shape index (κ3) is 26.2. The fourth-order valence-corrected chi connectivity index (χ4v) is 0.144. The van der Waals surface area contributed by atoms with Crippen LogP contribution < -0.4 is 10.2 Å². The van der Waals surface area contributed by atoms with Gasteiger partial charge in [0.15, 0.2) is 5.21 Å². The predicted octanol–water partition coefficient (Wildman–Crippen LogP) is -2.63. The zero-order valence-corrected chi connectivity index (χ0v) is 7.49. The summed E-state index contributed by atoms with van der Waals surface area (Å²) in [6.07, 6.45) is 1.46. The van der Waals surface area contributed by atoms with Crippen LogP contribution in [-0.4, -0.2) is 21.5 Å². The molecule has 0 aliphatic carbocycles. The van der Waals surface area contributed by atoms with Crippen molar-refractivity contribution < 1.29 is 49.1 Å². The number of carboxylic acid groups (broad SMARTS) is 1. The molecule has 1 radical (unpaired) electrons. The minimum absolute atomic E-state index is 0. The molecule has 6 nitrogen and oxygen atoms in total. The number of carboxylic acids is 1. The number of carbonyl (C=O) groups is 1. The molecule has 1 heterocycles. The zero-order valence-electron chi connectivity index (χ0n) is 5.44. The van der Waals surface area contributed by atoms with Gasteiger partial charge in [-0.2, -0.15) is 5.10 Å². The second-order valence-corrected chi connectivity index (χ2v) is 1.09. The Morgan fingerprint density at radius 1 is 1.73 bits per heavy atom. The standard InChI is InChI=1S/C2H4O2.CH2N4.Cu.Fe/c1-2(3)4;1-2-4-5-3-1;;/h1H3,(H,3,4);1H,(H,2,3,4,5);;. The van der Waals surface area contributed by atoms with E-state index in [4.69, 9.17) is 9.90 Å². The second kappa shape index (κ2) is 12.3. The van der Waals surface area contributed by atoms with Gasteiger partial charge in [-0.15, -0.1) is 0 Å². The summed E-state index contributed by atoms with van der Waals surface area (Å²) in [4.78, 5) is 8.89. The maximum Gasteiger partial charge on any atom is 0.286 e. The van der Waals surface area contributed by atoms with E-state index >= 15 is 0 Å². The molecule has 8 heteroatoms. The second-order valence-electron chi connectivity index (χ2n) is 1.09. The van der Waals surface area contributed by atoms with Crippen LogP contribution in [0.4, 0.5) is 0 Å². The van der Waals surface area contributed by atoms with Gasteiger partial charge in [0, 0.05) is 40.1 Å². The van der Waals surface area contributed by atoms with Crippen molar-refractivity contribution in [1.82, 2.24) is 15.5 Å². The summed E-state index contributed by atoms with van der Waals surface area (Å²) in [5.74, 6) is -1.08. The molecule has 11 heavy (non-hydrogen) atoms. The first-order valence-corrected chi connectivity index (χ1v) is 2.13. The van der Waals surface area contributed by atoms with Crippen LogP contribution in [0.15, 0.2) is 6.33 Å². The van der Waals surface area contributed by atoms with E-state index in [-0.39, 0.29) is 34.1 Å². The van der Waals surface area contributed by atoms with E-state index in [1.165, 1.54) is 6.33 Å². The Labute approximate surface area is 84.1 Å². The fraction of sp³-hybridized carbons (Fsp3) is 0.333. The molecule has 1 aromatic rings. The van der Waals surface area contributed by atoms with Crippen molar-refractivity contribution in [2.24, 2.45) is 0 Å². The van der Waals surface area contributed by atoms with Crippen LogP contribution in [0, 0.1) is 0 Å². The number of nitrogens with one attached hydrogen (secondary N) is 2. The number of carbonyl (C=O) groups excluding carboxylic acids is 1. The molecular weight excluding hydrogens is 243 g/mol. The summed E-state index contributed by atoms with van der Waals surface area (Å²) in [6.45, 7) is 0.972. The maximum atomic E-state index is 8.89. The number of H-pyrrole nitrogens is 2. The molecule has 0 spiro atoms. The van der Waals surface area contributed by atoms with Crippen LogP contribution in [0.5, 0.6) is 0 Å². The van der Waals surface area contributed by atoms with E-state index in [0.29, 0.717) is 0 Å².